The zero-order valence-corrected chi connectivity index (χ0v) is 13.9. The fourth-order valence-electron chi connectivity index (χ4n) is 2.20. The first-order chi connectivity index (χ1) is 10.1. The summed E-state index contributed by atoms with van der Waals surface area (Å²) in [6, 6.07) is 8.20. The molecule has 0 amide bonds. The molecule has 0 fully saturated rings. The van der Waals surface area contributed by atoms with E-state index in [0.29, 0.717) is 39.2 Å². The number of halogens is 3. The van der Waals surface area contributed by atoms with Crippen molar-refractivity contribution in [2.75, 3.05) is 13.2 Å². The van der Waals surface area contributed by atoms with Crippen LogP contribution < -0.4 is 9.47 Å². The Bertz CT molecular complexity index is 691. The van der Waals surface area contributed by atoms with Gasteiger partial charge in [0, 0.05) is 5.56 Å². The highest BCUT2D eigenvalue weighted by Gasteiger charge is 2.22. The summed E-state index contributed by atoms with van der Waals surface area (Å²) >= 11 is 6.51. The first kappa shape index (κ1) is 14.8. The Hall–Kier alpha value is -1.11. The minimum Gasteiger partial charge on any atom is -0.486 e. The molecule has 3 nitrogen and oxygen atoms in total. The molecule has 0 saturated carbocycles. The third-order valence-electron chi connectivity index (χ3n) is 3.21. The second-order valence-corrected chi connectivity index (χ2v) is 6.28. The van der Waals surface area contributed by atoms with Crippen LogP contribution in [-0.4, -0.2) is 18.3 Å². The van der Waals surface area contributed by atoms with E-state index in [9.17, 15) is 9.50 Å². The van der Waals surface area contributed by atoms with E-state index in [0.717, 1.165) is 0 Å². The van der Waals surface area contributed by atoms with E-state index in [2.05, 4.69) is 31.9 Å². The van der Waals surface area contributed by atoms with Crippen molar-refractivity contribution in [3.8, 4) is 11.5 Å². The molecule has 21 heavy (non-hydrogen) atoms. The Kier molecular flexibility index (Phi) is 4.19. The van der Waals surface area contributed by atoms with Crippen molar-refractivity contribution in [2.24, 2.45) is 0 Å². The van der Waals surface area contributed by atoms with Crippen LogP contribution in [0.15, 0.2) is 39.3 Å². The molecule has 1 aliphatic rings. The molecule has 0 spiro atoms. The predicted molar refractivity (Wildman–Crippen MR) is 83.3 cm³/mol. The average molecular weight is 418 g/mol. The molecular weight excluding hydrogens is 407 g/mol. The lowest BCUT2D eigenvalue weighted by molar-refractivity contribution is 0.168. The van der Waals surface area contributed by atoms with E-state index >= 15 is 0 Å². The molecule has 0 bridgehead atoms. The predicted octanol–water partition coefficient (Wildman–Crippen LogP) is 4.20. The van der Waals surface area contributed by atoms with Gasteiger partial charge < -0.3 is 14.6 Å². The lowest BCUT2D eigenvalue weighted by Gasteiger charge is -2.22. The van der Waals surface area contributed by atoms with Gasteiger partial charge in [0.25, 0.3) is 0 Å². The van der Waals surface area contributed by atoms with Crippen LogP contribution in [0, 0.1) is 5.82 Å². The number of benzene rings is 2. The smallest absolute Gasteiger partial charge is 0.175 e. The Morgan fingerprint density at radius 3 is 2.67 bits per heavy atom. The monoisotopic (exact) mass is 416 g/mol. The zero-order chi connectivity index (χ0) is 15.0. The van der Waals surface area contributed by atoms with Crippen molar-refractivity contribution in [3.63, 3.8) is 0 Å². The summed E-state index contributed by atoms with van der Waals surface area (Å²) in [6.07, 6.45) is -1.09. The van der Waals surface area contributed by atoms with Gasteiger partial charge in [0.05, 0.1) is 8.95 Å². The summed E-state index contributed by atoms with van der Waals surface area (Å²) in [6.45, 7) is 0.929. The minimum absolute atomic E-state index is 0.202. The van der Waals surface area contributed by atoms with Gasteiger partial charge in [0.2, 0.25) is 0 Å². The number of hydrogen-bond acceptors (Lipinski definition) is 3. The van der Waals surface area contributed by atoms with Crippen LogP contribution in [0.4, 0.5) is 4.39 Å². The van der Waals surface area contributed by atoms with Crippen molar-refractivity contribution >= 4 is 31.9 Å². The molecule has 1 aliphatic heterocycles. The molecule has 1 atom stereocenters. The van der Waals surface area contributed by atoms with Crippen LogP contribution in [0.5, 0.6) is 11.5 Å². The Balaban J connectivity index is 2.04. The quantitative estimate of drug-likeness (QED) is 0.795. The third kappa shape index (κ3) is 2.80. The van der Waals surface area contributed by atoms with Gasteiger partial charge in [-0.1, -0.05) is 12.1 Å². The maximum atomic E-state index is 14.1. The maximum Gasteiger partial charge on any atom is 0.175 e. The average Bonchev–Trinajstić information content (AvgIpc) is 2.49. The Morgan fingerprint density at radius 1 is 1.10 bits per heavy atom. The van der Waals surface area contributed by atoms with Gasteiger partial charge in [-0.25, -0.2) is 4.39 Å². The number of aliphatic hydroxyl groups is 1. The molecule has 3 rings (SSSR count). The van der Waals surface area contributed by atoms with Crippen molar-refractivity contribution in [2.45, 2.75) is 6.10 Å². The van der Waals surface area contributed by atoms with Crippen molar-refractivity contribution in [1.82, 2.24) is 0 Å². The molecule has 1 heterocycles. The van der Waals surface area contributed by atoms with Gasteiger partial charge in [-0.05, 0) is 55.6 Å². The highest BCUT2D eigenvalue weighted by Crippen LogP contribution is 2.41. The van der Waals surface area contributed by atoms with Crippen LogP contribution in [0.3, 0.4) is 0 Å². The molecule has 2 aromatic rings. The van der Waals surface area contributed by atoms with Gasteiger partial charge in [-0.15, -0.1) is 0 Å². The summed E-state index contributed by atoms with van der Waals surface area (Å²) in [4.78, 5) is 0. The first-order valence-electron chi connectivity index (χ1n) is 6.29. The standard InChI is InChI=1S/C15H11Br2FO3/c16-10-3-1-2-9(13(10)18)14(19)8-6-11(17)15-12(7-8)20-4-5-21-15/h1-3,6-7,14,19H,4-5H2. The van der Waals surface area contributed by atoms with Crippen LogP contribution in [0.2, 0.25) is 0 Å². The van der Waals surface area contributed by atoms with E-state index in [1.54, 1.807) is 30.3 Å². The van der Waals surface area contributed by atoms with Crippen molar-refractivity contribution in [1.29, 1.82) is 0 Å². The van der Waals surface area contributed by atoms with E-state index in [-0.39, 0.29) is 5.56 Å². The zero-order valence-electron chi connectivity index (χ0n) is 10.8. The molecule has 2 aromatic carbocycles. The van der Waals surface area contributed by atoms with Crippen LogP contribution >= 0.6 is 31.9 Å². The normalized spacial score (nSPS) is 14.9. The van der Waals surface area contributed by atoms with E-state index in [4.69, 9.17) is 9.47 Å². The SMILES string of the molecule is OC(c1cc(Br)c2c(c1)OCCO2)c1cccc(Br)c1F. The number of fused-ring (bicyclic) bond motifs is 1. The highest BCUT2D eigenvalue weighted by atomic mass is 79.9. The van der Waals surface area contributed by atoms with E-state index in [1.165, 1.54) is 0 Å². The van der Waals surface area contributed by atoms with Crippen LogP contribution in [0.25, 0.3) is 0 Å². The number of aliphatic hydroxyl groups excluding tert-OH is 1. The van der Waals surface area contributed by atoms with Gasteiger partial charge in [0.1, 0.15) is 25.1 Å². The molecule has 6 heteroatoms. The largest absolute Gasteiger partial charge is 0.486 e. The molecule has 1 N–H and O–H groups in total. The highest BCUT2D eigenvalue weighted by molar-refractivity contribution is 9.10. The van der Waals surface area contributed by atoms with Gasteiger partial charge in [-0.3, -0.25) is 0 Å². The first-order valence-corrected chi connectivity index (χ1v) is 7.87. The number of rotatable bonds is 2. The summed E-state index contributed by atoms with van der Waals surface area (Å²) < 4.78 is 26.1. The molecule has 110 valence electrons. The fraction of sp³-hybridized carbons (Fsp3) is 0.200. The molecule has 0 aliphatic carbocycles. The molecule has 0 aromatic heterocycles. The van der Waals surface area contributed by atoms with E-state index < -0.39 is 11.9 Å². The lowest BCUT2D eigenvalue weighted by Crippen LogP contribution is -2.16. The fourth-order valence-corrected chi connectivity index (χ4v) is 3.16. The van der Waals surface area contributed by atoms with Gasteiger partial charge in [0.15, 0.2) is 11.5 Å². The second kappa shape index (κ2) is 5.94. The minimum atomic E-state index is -1.09. The summed E-state index contributed by atoms with van der Waals surface area (Å²) in [5, 5.41) is 10.4. The van der Waals surface area contributed by atoms with Crippen molar-refractivity contribution < 1.29 is 19.0 Å². The lowest BCUT2D eigenvalue weighted by atomic mass is 10.0. The Morgan fingerprint density at radius 2 is 1.86 bits per heavy atom. The maximum absolute atomic E-state index is 14.1. The number of ether oxygens (including phenoxy) is 2. The van der Waals surface area contributed by atoms with Crippen LogP contribution in [-0.2, 0) is 0 Å². The van der Waals surface area contributed by atoms with Gasteiger partial charge >= 0.3 is 0 Å². The molecule has 0 saturated heterocycles. The second-order valence-electron chi connectivity index (χ2n) is 4.57. The van der Waals surface area contributed by atoms with Crippen molar-refractivity contribution in [3.05, 3.63) is 56.2 Å². The van der Waals surface area contributed by atoms with E-state index in [1.807, 2.05) is 0 Å². The molecular formula is C15H11Br2FO3. The summed E-state index contributed by atoms with van der Waals surface area (Å²) in [5.74, 6) is 0.669. The third-order valence-corrected chi connectivity index (χ3v) is 4.41. The number of hydrogen-bond donors (Lipinski definition) is 1. The van der Waals surface area contributed by atoms with Crippen LogP contribution in [0.1, 0.15) is 17.2 Å². The van der Waals surface area contributed by atoms with Gasteiger partial charge in [-0.2, -0.15) is 0 Å². The summed E-state index contributed by atoms with van der Waals surface area (Å²) in [5.41, 5.74) is 0.732. The Labute approximate surface area is 137 Å². The summed E-state index contributed by atoms with van der Waals surface area (Å²) in [7, 11) is 0. The topological polar surface area (TPSA) is 38.7 Å². The molecule has 0 radical (unpaired) electrons. The molecule has 1 unspecified atom stereocenters.